The Labute approximate surface area is 241 Å². The van der Waals surface area contributed by atoms with Gasteiger partial charge in [-0.05, 0) is 89.3 Å². The van der Waals surface area contributed by atoms with E-state index in [-0.39, 0.29) is 24.6 Å². The number of hydrogen-bond acceptors (Lipinski definition) is 4. The highest BCUT2D eigenvalue weighted by Gasteiger charge is 2.31. The summed E-state index contributed by atoms with van der Waals surface area (Å²) in [6.07, 6.45) is 1.93. The number of ether oxygens (including phenoxy) is 1. The van der Waals surface area contributed by atoms with Crippen LogP contribution >= 0.6 is 11.8 Å². The number of hydrogen-bond donors (Lipinski definition) is 2. The number of aliphatic carboxylic acids is 1. The monoisotopic (exact) mass is 583 g/mol. The second kappa shape index (κ2) is 14.3. The van der Waals surface area contributed by atoms with E-state index in [1.54, 1.807) is 24.3 Å². The molecular formula is C32H32F3NO4S. The van der Waals surface area contributed by atoms with Gasteiger partial charge in [0.05, 0.1) is 6.42 Å². The summed E-state index contributed by atoms with van der Waals surface area (Å²) in [5.41, 5.74) is 4.84. The summed E-state index contributed by atoms with van der Waals surface area (Å²) >= 11 is 1.41. The van der Waals surface area contributed by atoms with Gasteiger partial charge in [0, 0.05) is 17.0 Å². The molecule has 0 aliphatic heterocycles. The third kappa shape index (κ3) is 9.70. The van der Waals surface area contributed by atoms with Crippen molar-refractivity contribution in [1.29, 1.82) is 0 Å². The standard InChI is InChI=1S/C32H32F3NO4S/c33-32(34,35)40-28-14-16-29(17-15-28)41-21-27(25-12-10-24(11-13-25)23-4-2-1-3-5-23)20-22-6-8-26(9-7-22)31(39)36-19-18-30(37)38/h6-17,21,23H,1-5,18-20H2,(H,36,39)(H,37,38)/b27-21+. The lowest BCUT2D eigenvalue weighted by Gasteiger charge is -2.22. The topological polar surface area (TPSA) is 75.6 Å². The van der Waals surface area contributed by atoms with E-state index >= 15 is 0 Å². The summed E-state index contributed by atoms with van der Waals surface area (Å²) in [6.45, 7) is 0.0557. The maximum absolute atomic E-state index is 12.5. The van der Waals surface area contributed by atoms with Gasteiger partial charge in [-0.3, -0.25) is 9.59 Å². The highest BCUT2D eigenvalue weighted by Crippen LogP contribution is 2.34. The molecule has 216 valence electrons. The molecule has 0 unspecified atom stereocenters. The zero-order valence-electron chi connectivity index (χ0n) is 22.5. The van der Waals surface area contributed by atoms with Crippen molar-refractivity contribution >= 4 is 29.2 Å². The minimum Gasteiger partial charge on any atom is -0.481 e. The number of carbonyl (C=O) groups is 2. The van der Waals surface area contributed by atoms with Gasteiger partial charge in [-0.2, -0.15) is 0 Å². The Kier molecular flexibility index (Phi) is 10.5. The van der Waals surface area contributed by atoms with Gasteiger partial charge < -0.3 is 15.2 Å². The fourth-order valence-electron chi connectivity index (χ4n) is 4.86. The molecule has 0 saturated heterocycles. The lowest BCUT2D eigenvalue weighted by atomic mass is 9.83. The fourth-order valence-corrected chi connectivity index (χ4v) is 5.65. The van der Waals surface area contributed by atoms with Crippen LogP contribution in [0.5, 0.6) is 5.75 Å². The molecule has 2 N–H and O–H groups in total. The van der Waals surface area contributed by atoms with Gasteiger partial charge in [-0.1, -0.05) is 67.4 Å². The minimum absolute atomic E-state index is 0.0557. The van der Waals surface area contributed by atoms with Crippen LogP contribution in [0.3, 0.4) is 0 Å². The van der Waals surface area contributed by atoms with Crippen molar-refractivity contribution in [2.75, 3.05) is 6.54 Å². The van der Waals surface area contributed by atoms with Crippen molar-refractivity contribution in [3.05, 3.63) is 100 Å². The van der Waals surface area contributed by atoms with Crippen LogP contribution in [0.2, 0.25) is 0 Å². The fraction of sp³-hybridized carbons (Fsp3) is 0.312. The van der Waals surface area contributed by atoms with Crippen molar-refractivity contribution in [3.63, 3.8) is 0 Å². The first-order valence-electron chi connectivity index (χ1n) is 13.6. The first kappa shape index (κ1) is 30.2. The van der Waals surface area contributed by atoms with Crippen LogP contribution < -0.4 is 10.1 Å². The third-order valence-electron chi connectivity index (χ3n) is 6.99. The number of allylic oxidation sites excluding steroid dienone is 1. The number of halogens is 3. The van der Waals surface area contributed by atoms with Gasteiger partial charge in [-0.15, -0.1) is 13.2 Å². The van der Waals surface area contributed by atoms with Gasteiger partial charge >= 0.3 is 12.3 Å². The van der Waals surface area contributed by atoms with Gasteiger partial charge in [0.15, 0.2) is 0 Å². The Bertz CT molecular complexity index is 1330. The lowest BCUT2D eigenvalue weighted by molar-refractivity contribution is -0.274. The molecule has 41 heavy (non-hydrogen) atoms. The number of alkyl halides is 3. The summed E-state index contributed by atoms with van der Waals surface area (Å²) in [5.74, 6) is -0.988. The van der Waals surface area contributed by atoms with E-state index in [0.29, 0.717) is 17.9 Å². The predicted octanol–water partition coefficient (Wildman–Crippen LogP) is 8.21. The third-order valence-corrected chi connectivity index (χ3v) is 7.93. The molecule has 0 bridgehead atoms. The van der Waals surface area contributed by atoms with Crippen molar-refractivity contribution in [2.45, 2.75) is 62.1 Å². The van der Waals surface area contributed by atoms with E-state index in [9.17, 15) is 22.8 Å². The van der Waals surface area contributed by atoms with Gasteiger partial charge in [-0.25, -0.2) is 0 Å². The summed E-state index contributed by atoms with van der Waals surface area (Å²) in [7, 11) is 0. The van der Waals surface area contributed by atoms with E-state index in [2.05, 4.69) is 34.3 Å². The van der Waals surface area contributed by atoms with Gasteiger partial charge in [0.1, 0.15) is 5.75 Å². The van der Waals surface area contributed by atoms with Crippen LogP contribution in [0.4, 0.5) is 13.2 Å². The highest BCUT2D eigenvalue weighted by atomic mass is 32.2. The number of carboxylic acid groups (broad SMARTS) is 1. The average molecular weight is 584 g/mol. The Morgan fingerprint density at radius 3 is 2.15 bits per heavy atom. The van der Waals surface area contributed by atoms with E-state index in [1.807, 2.05) is 17.5 Å². The molecule has 0 aromatic heterocycles. The molecule has 1 aliphatic carbocycles. The zero-order chi connectivity index (χ0) is 29.2. The Morgan fingerprint density at radius 1 is 0.902 bits per heavy atom. The quantitative estimate of drug-likeness (QED) is 0.223. The molecule has 1 aliphatic rings. The smallest absolute Gasteiger partial charge is 0.481 e. The number of thioether (sulfide) groups is 1. The maximum Gasteiger partial charge on any atom is 0.573 e. The second-order valence-corrected chi connectivity index (χ2v) is 11.0. The molecule has 3 aromatic rings. The van der Waals surface area contributed by atoms with Crippen LogP contribution in [0.25, 0.3) is 5.57 Å². The van der Waals surface area contributed by atoms with E-state index in [4.69, 9.17) is 5.11 Å². The maximum atomic E-state index is 12.5. The molecule has 0 radical (unpaired) electrons. The normalized spacial score (nSPS) is 14.5. The first-order chi connectivity index (χ1) is 19.7. The number of carbonyl (C=O) groups excluding carboxylic acids is 1. The number of rotatable bonds is 11. The second-order valence-electron chi connectivity index (χ2n) is 10.0. The number of amides is 1. The molecular weight excluding hydrogens is 551 g/mol. The Morgan fingerprint density at radius 2 is 1.54 bits per heavy atom. The van der Waals surface area contributed by atoms with Crippen molar-refractivity contribution in [2.24, 2.45) is 0 Å². The molecule has 0 atom stereocenters. The number of benzene rings is 3. The number of nitrogens with one attached hydrogen (secondary N) is 1. The number of carboxylic acids is 1. The highest BCUT2D eigenvalue weighted by molar-refractivity contribution is 8.02. The largest absolute Gasteiger partial charge is 0.573 e. The van der Waals surface area contributed by atoms with E-state index in [1.165, 1.54) is 61.6 Å². The minimum atomic E-state index is -4.74. The van der Waals surface area contributed by atoms with E-state index < -0.39 is 12.3 Å². The molecule has 1 amide bonds. The molecule has 4 rings (SSSR count). The summed E-state index contributed by atoms with van der Waals surface area (Å²) in [6, 6.07) is 21.5. The average Bonchev–Trinajstić information content (AvgIpc) is 2.96. The van der Waals surface area contributed by atoms with Crippen molar-refractivity contribution in [3.8, 4) is 5.75 Å². The van der Waals surface area contributed by atoms with Gasteiger partial charge in [0.25, 0.3) is 5.91 Å². The zero-order valence-corrected chi connectivity index (χ0v) is 23.3. The summed E-state index contributed by atoms with van der Waals surface area (Å²) in [5, 5.41) is 13.4. The summed E-state index contributed by atoms with van der Waals surface area (Å²) < 4.78 is 41.5. The summed E-state index contributed by atoms with van der Waals surface area (Å²) in [4.78, 5) is 23.8. The van der Waals surface area contributed by atoms with Crippen LogP contribution in [-0.2, 0) is 11.2 Å². The van der Waals surface area contributed by atoms with Crippen LogP contribution in [0, 0.1) is 0 Å². The van der Waals surface area contributed by atoms with Crippen molar-refractivity contribution in [1.82, 2.24) is 5.32 Å². The molecule has 1 saturated carbocycles. The SMILES string of the molecule is O=C(O)CCNC(=O)c1ccc(C/C(=C\Sc2ccc(OC(F)(F)F)cc2)c2ccc(C3CCCCC3)cc2)cc1. The van der Waals surface area contributed by atoms with E-state index in [0.717, 1.165) is 21.6 Å². The lowest BCUT2D eigenvalue weighted by Crippen LogP contribution is -2.25. The molecule has 3 aromatic carbocycles. The molecule has 5 nitrogen and oxygen atoms in total. The predicted molar refractivity (Wildman–Crippen MR) is 154 cm³/mol. The first-order valence-corrected chi connectivity index (χ1v) is 14.4. The molecule has 0 heterocycles. The van der Waals surface area contributed by atoms with Crippen LogP contribution in [0.15, 0.2) is 83.1 Å². The molecule has 9 heteroatoms. The van der Waals surface area contributed by atoms with Crippen LogP contribution in [-0.4, -0.2) is 29.9 Å². The van der Waals surface area contributed by atoms with Crippen molar-refractivity contribution < 1.29 is 32.6 Å². The molecule has 0 spiro atoms. The van der Waals surface area contributed by atoms with Crippen LogP contribution in [0.1, 0.15) is 71.5 Å². The Balaban J connectivity index is 1.50. The molecule has 1 fully saturated rings. The Hall–Kier alpha value is -3.72. The van der Waals surface area contributed by atoms with Gasteiger partial charge in [0.2, 0.25) is 0 Å².